The molecule has 2 aromatic carbocycles. The fourth-order valence-corrected chi connectivity index (χ4v) is 4.31. The molecule has 1 heterocycles. The molecule has 2 aromatic rings. The SMILES string of the molecule is CCC(=O)CC(=O)NCCCN1CCC(c2ccccc2)(c2ccccc2)CC1. The highest BCUT2D eigenvalue weighted by molar-refractivity contribution is 5.97. The Morgan fingerprint density at radius 1 is 0.931 bits per heavy atom. The number of nitrogens with zero attached hydrogens (tertiary/aromatic N) is 1. The summed E-state index contributed by atoms with van der Waals surface area (Å²) in [6, 6.07) is 21.8. The van der Waals surface area contributed by atoms with Crippen LogP contribution in [-0.4, -0.2) is 42.8 Å². The maximum atomic E-state index is 11.7. The molecule has 0 radical (unpaired) electrons. The molecule has 154 valence electrons. The van der Waals surface area contributed by atoms with Gasteiger partial charge in [0.15, 0.2) is 0 Å². The summed E-state index contributed by atoms with van der Waals surface area (Å²) in [6.45, 7) is 5.49. The third kappa shape index (κ3) is 5.54. The van der Waals surface area contributed by atoms with E-state index < -0.39 is 0 Å². The van der Waals surface area contributed by atoms with Gasteiger partial charge in [0, 0.05) is 18.4 Å². The van der Waals surface area contributed by atoms with Crippen molar-refractivity contribution in [3.8, 4) is 0 Å². The number of likely N-dealkylation sites (tertiary alicyclic amines) is 1. The predicted octanol–water partition coefficient (Wildman–Crippen LogP) is 3.94. The van der Waals surface area contributed by atoms with Gasteiger partial charge in [-0.05, 0) is 50.0 Å². The van der Waals surface area contributed by atoms with Crippen molar-refractivity contribution in [1.82, 2.24) is 10.2 Å². The minimum absolute atomic E-state index is 0.00306. The number of rotatable bonds is 9. The lowest BCUT2D eigenvalue weighted by atomic mass is 9.68. The molecule has 0 aliphatic carbocycles. The summed E-state index contributed by atoms with van der Waals surface area (Å²) >= 11 is 0. The quantitative estimate of drug-likeness (QED) is 0.519. The average molecular weight is 393 g/mol. The highest BCUT2D eigenvalue weighted by Gasteiger charge is 2.37. The van der Waals surface area contributed by atoms with Gasteiger partial charge in [-0.1, -0.05) is 67.6 Å². The Hall–Kier alpha value is -2.46. The van der Waals surface area contributed by atoms with Crippen LogP contribution < -0.4 is 5.32 Å². The molecule has 1 N–H and O–H groups in total. The minimum Gasteiger partial charge on any atom is -0.356 e. The normalized spacial score (nSPS) is 16.3. The summed E-state index contributed by atoms with van der Waals surface area (Å²) in [5.41, 5.74) is 2.88. The van der Waals surface area contributed by atoms with Gasteiger partial charge >= 0.3 is 0 Å². The number of ketones is 1. The monoisotopic (exact) mass is 392 g/mol. The van der Waals surface area contributed by atoms with Gasteiger partial charge in [-0.15, -0.1) is 0 Å². The molecule has 4 heteroatoms. The smallest absolute Gasteiger partial charge is 0.227 e. The van der Waals surface area contributed by atoms with Crippen LogP contribution in [0.1, 0.15) is 50.2 Å². The number of carbonyl (C=O) groups excluding carboxylic acids is 2. The van der Waals surface area contributed by atoms with Crippen molar-refractivity contribution in [2.75, 3.05) is 26.2 Å². The van der Waals surface area contributed by atoms with E-state index in [1.54, 1.807) is 6.92 Å². The van der Waals surface area contributed by atoms with Gasteiger partial charge in [-0.3, -0.25) is 9.59 Å². The van der Waals surface area contributed by atoms with Gasteiger partial charge in [0.25, 0.3) is 0 Å². The Morgan fingerprint density at radius 2 is 1.48 bits per heavy atom. The summed E-state index contributed by atoms with van der Waals surface area (Å²) in [6.07, 6.45) is 3.54. The molecular formula is C25H32N2O2. The lowest BCUT2D eigenvalue weighted by Gasteiger charge is -2.43. The first-order valence-electron chi connectivity index (χ1n) is 10.8. The molecule has 1 saturated heterocycles. The summed E-state index contributed by atoms with van der Waals surface area (Å²) in [5.74, 6) is -0.153. The van der Waals surface area contributed by atoms with Gasteiger partial charge in [0.2, 0.25) is 5.91 Å². The Morgan fingerprint density at radius 3 is 2.00 bits per heavy atom. The number of piperidine rings is 1. The van der Waals surface area contributed by atoms with Crippen LogP contribution in [0.15, 0.2) is 60.7 Å². The van der Waals surface area contributed by atoms with E-state index in [0.717, 1.165) is 38.9 Å². The zero-order valence-electron chi connectivity index (χ0n) is 17.4. The van der Waals surface area contributed by atoms with Crippen molar-refractivity contribution in [3.63, 3.8) is 0 Å². The van der Waals surface area contributed by atoms with Gasteiger partial charge in [-0.25, -0.2) is 0 Å². The highest BCUT2D eigenvalue weighted by Crippen LogP contribution is 2.41. The second-order valence-electron chi connectivity index (χ2n) is 7.93. The van der Waals surface area contributed by atoms with E-state index in [4.69, 9.17) is 0 Å². The molecule has 0 bridgehead atoms. The van der Waals surface area contributed by atoms with Crippen LogP contribution >= 0.6 is 0 Å². The van der Waals surface area contributed by atoms with Crippen molar-refractivity contribution >= 4 is 11.7 Å². The van der Waals surface area contributed by atoms with Gasteiger partial charge in [0.05, 0.1) is 6.42 Å². The number of hydrogen-bond donors (Lipinski definition) is 1. The topological polar surface area (TPSA) is 49.4 Å². The molecule has 29 heavy (non-hydrogen) atoms. The summed E-state index contributed by atoms with van der Waals surface area (Å²) in [7, 11) is 0. The molecule has 0 aromatic heterocycles. The largest absolute Gasteiger partial charge is 0.356 e. The Kier molecular flexibility index (Phi) is 7.59. The van der Waals surface area contributed by atoms with E-state index in [1.165, 1.54) is 11.1 Å². The van der Waals surface area contributed by atoms with Crippen molar-refractivity contribution in [3.05, 3.63) is 71.8 Å². The molecule has 4 nitrogen and oxygen atoms in total. The molecule has 1 fully saturated rings. The van der Waals surface area contributed by atoms with Crippen molar-refractivity contribution in [2.45, 2.75) is 44.4 Å². The van der Waals surface area contributed by atoms with Crippen LogP contribution in [0, 0.1) is 0 Å². The van der Waals surface area contributed by atoms with Crippen molar-refractivity contribution in [2.24, 2.45) is 0 Å². The number of carbonyl (C=O) groups is 2. The van der Waals surface area contributed by atoms with E-state index in [9.17, 15) is 9.59 Å². The van der Waals surface area contributed by atoms with Gasteiger partial charge in [-0.2, -0.15) is 0 Å². The second-order valence-corrected chi connectivity index (χ2v) is 7.93. The van der Waals surface area contributed by atoms with Crippen LogP contribution in [0.4, 0.5) is 0 Å². The number of amides is 1. The summed E-state index contributed by atoms with van der Waals surface area (Å²) < 4.78 is 0. The van der Waals surface area contributed by atoms with E-state index in [2.05, 4.69) is 70.9 Å². The molecule has 3 rings (SSSR count). The summed E-state index contributed by atoms with van der Waals surface area (Å²) in [5, 5.41) is 2.87. The zero-order valence-corrected chi connectivity index (χ0v) is 17.4. The Bertz CT molecular complexity index is 739. The third-order valence-corrected chi connectivity index (χ3v) is 6.09. The molecular weight excluding hydrogens is 360 g/mol. The fraction of sp³-hybridized carbons (Fsp3) is 0.440. The van der Waals surface area contributed by atoms with Crippen LogP contribution in [0.3, 0.4) is 0 Å². The maximum absolute atomic E-state index is 11.7. The van der Waals surface area contributed by atoms with Crippen LogP contribution in [-0.2, 0) is 15.0 Å². The minimum atomic E-state index is -0.150. The molecule has 1 aliphatic rings. The standard InChI is InChI=1S/C25H32N2O2/c1-2-23(28)20-24(29)26-16-9-17-27-18-14-25(15-19-27,21-10-5-3-6-11-21)22-12-7-4-8-13-22/h3-8,10-13H,2,9,14-20H2,1H3,(H,26,29). The molecule has 0 saturated carbocycles. The zero-order chi connectivity index (χ0) is 20.5. The first kappa shape index (κ1) is 21.3. The third-order valence-electron chi connectivity index (χ3n) is 6.09. The first-order chi connectivity index (χ1) is 14.1. The average Bonchev–Trinajstić information content (AvgIpc) is 2.78. The fourth-order valence-electron chi connectivity index (χ4n) is 4.31. The van der Waals surface area contributed by atoms with Crippen LogP contribution in [0.25, 0.3) is 0 Å². The molecule has 0 spiro atoms. The van der Waals surface area contributed by atoms with Crippen molar-refractivity contribution in [1.29, 1.82) is 0 Å². The Labute approximate surface area is 174 Å². The summed E-state index contributed by atoms with van der Waals surface area (Å²) in [4.78, 5) is 25.5. The van der Waals surface area contributed by atoms with Crippen LogP contribution in [0.5, 0.6) is 0 Å². The molecule has 1 amide bonds. The second kappa shape index (κ2) is 10.4. The van der Waals surface area contributed by atoms with Gasteiger partial charge in [0.1, 0.15) is 5.78 Å². The van der Waals surface area contributed by atoms with Gasteiger partial charge < -0.3 is 10.2 Å². The molecule has 0 atom stereocenters. The lowest BCUT2D eigenvalue weighted by molar-refractivity contribution is -0.128. The maximum Gasteiger partial charge on any atom is 0.227 e. The number of hydrogen-bond acceptors (Lipinski definition) is 3. The molecule has 0 unspecified atom stereocenters. The molecule has 1 aliphatic heterocycles. The van der Waals surface area contributed by atoms with E-state index in [0.29, 0.717) is 13.0 Å². The van der Waals surface area contributed by atoms with Crippen LogP contribution in [0.2, 0.25) is 0 Å². The first-order valence-corrected chi connectivity index (χ1v) is 10.8. The number of nitrogens with one attached hydrogen (secondary N) is 1. The Balaban J connectivity index is 1.53. The van der Waals surface area contributed by atoms with E-state index in [1.807, 2.05) is 0 Å². The number of Topliss-reactive ketones (excluding diaryl/α,β-unsaturated/α-hetero) is 1. The number of benzene rings is 2. The van der Waals surface area contributed by atoms with Crippen molar-refractivity contribution < 1.29 is 9.59 Å². The van der Waals surface area contributed by atoms with E-state index >= 15 is 0 Å². The highest BCUT2D eigenvalue weighted by atomic mass is 16.2. The predicted molar refractivity (Wildman–Crippen MR) is 117 cm³/mol. The van der Waals surface area contributed by atoms with E-state index in [-0.39, 0.29) is 23.5 Å². The lowest BCUT2D eigenvalue weighted by Crippen LogP contribution is -2.44.